The van der Waals surface area contributed by atoms with Gasteiger partial charge in [0.15, 0.2) is 13.2 Å². The topological polar surface area (TPSA) is 76.7 Å². The van der Waals surface area contributed by atoms with Crippen molar-refractivity contribution in [3.63, 3.8) is 0 Å². The standard InChI is InChI=1S/C25H26N2O4/c1-18(2)20-12-6-8-14-22(20)30-16-24(28)26-27-25(29)17-31-23-15-9-7-13-21(23)19-10-4-3-5-11-19/h3-15,18H,16-17H2,1-2H3,(H,26,28)(H,27,29). The Hall–Kier alpha value is -3.80. The van der Waals surface area contributed by atoms with Crippen LogP contribution in [-0.2, 0) is 9.59 Å². The van der Waals surface area contributed by atoms with Gasteiger partial charge in [-0.25, -0.2) is 0 Å². The highest BCUT2D eigenvalue weighted by Crippen LogP contribution is 2.29. The zero-order chi connectivity index (χ0) is 22.1. The third kappa shape index (κ3) is 6.34. The van der Waals surface area contributed by atoms with Gasteiger partial charge in [0.2, 0.25) is 0 Å². The third-order valence-electron chi connectivity index (χ3n) is 4.57. The SMILES string of the molecule is CC(C)c1ccccc1OCC(=O)NNC(=O)COc1ccccc1-c1ccccc1. The maximum atomic E-state index is 12.1. The van der Waals surface area contributed by atoms with E-state index in [4.69, 9.17) is 9.47 Å². The molecule has 0 heterocycles. The van der Waals surface area contributed by atoms with E-state index >= 15 is 0 Å². The lowest BCUT2D eigenvalue weighted by atomic mass is 10.0. The molecule has 3 aromatic carbocycles. The molecular weight excluding hydrogens is 392 g/mol. The molecule has 6 nitrogen and oxygen atoms in total. The third-order valence-corrected chi connectivity index (χ3v) is 4.57. The second kappa shape index (κ2) is 10.8. The van der Waals surface area contributed by atoms with Crippen molar-refractivity contribution in [2.75, 3.05) is 13.2 Å². The maximum Gasteiger partial charge on any atom is 0.276 e. The summed E-state index contributed by atoms with van der Waals surface area (Å²) in [5, 5.41) is 0. The molecule has 0 aliphatic carbocycles. The fourth-order valence-corrected chi connectivity index (χ4v) is 3.04. The van der Waals surface area contributed by atoms with Gasteiger partial charge in [-0.15, -0.1) is 0 Å². The Morgan fingerprint density at radius 3 is 1.87 bits per heavy atom. The molecule has 3 rings (SSSR count). The molecule has 0 fully saturated rings. The van der Waals surface area contributed by atoms with Gasteiger partial charge in [0.1, 0.15) is 11.5 Å². The fraction of sp³-hybridized carbons (Fsp3) is 0.200. The lowest BCUT2D eigenvalue weighted by Crippen LogP contribution is -2.45. The average Bonchev–Trinajstić information content (AvgIpc) is 2.81. The first kappa shape index (κ1) is 21.9. The van der Waals surface area contributed by atoms with Crippen LogP contribution in [-0.4, -0.2) is 25.0 Å². The van der Waals surface area contributed by atoms with E-state index < -0.39 is 11.8 Å². The summed E-state index contributed by atoms with van der Waals surface area (Å²) in [6.45, 7) is 3.67. The van der Waals surface area contributed by atoms with Gasteiger partial charge >= 0.3 is 0 Å². The van der Waals surface area contributed by atoms with E-state index in [2.05, 4.69) is 24.7 Å². The summed E-state index contributed by atoms with van der Waals surface area (Å²) in [4.78, 5) is 24.1. The molecule has 3 aromatic rings. The summed E-state index contributed by atoms with van der Waals surface area (Å²) >= 11 is 0. The molecule has 0 aliphatic rings. The predicted molar refractivity (Wildman–Crippen MR) is 120 cm³/mol. The van der Waals surface area contributed by atoms with Crippen LogP contribution in [0.15, 0.2) is 78.9 Å². The van der Waals surface area contributed by atoms with Gasteiger partial charge in [-0.05, 0) is 29.2 Å². The number of ether oxygens (including phenoxy) is 2. The fourth-order valence-electron chi connectivity index (χ4n) is 3.04. The lowest BCUT2D eigenvalue weighted by Gasteiger charge is -2.14. The number of nitrogens with one attached hydrogen (secondary N) is 2. The first-order valence-corrected chi connectivity index (χ1v) is 10.1. The molecule has 31 heavy (non-hydrogen) atoms. The Bertz CT molecular complexity index is 1020. The molecule has 2 amide bonds. The summed E-state index contributed by atoms with van der Waals surface area (Å²) in [5.41, 5.74) is 7.58. The Labute approximate surface area is 182 Å². The number of carbonyl (C=O) groups excluding carboxylic acids is 2. The Morgan fingerprint density at radius 1 is 0.710 bits per heavy atom. The number of hydrogen-bond acceptors (Lipinski definition) is 4. The molecule has 0 saturated carbocycles. The first-order valence-electron chi connectivity index (χ1n) is 10.1. The Balaban J connectivity index is 1.47. The van der Waals surface area contributed by atoms with Crippen LogP contribution in [0.3, 0.4) is 0 Å². The van der Waals surface area contributed by atoms with Crippen molar-refractivity contribution in [1.29, 1.82) is 0 Å². The molecular formula is C25H26N2O4. The van der Waals surface area contributed by atoms with Crippen molar-refractivity contribution < 1.29 is 19.1 Å². The maximum absolute atomic E-state index is 12.1. The summed E-state index contributed by atoms with van der Waals surface area (Å²) in [5.74, 6) is 0.578. The monoisotopic (exact) mass is 418 g/mol. The minimum atomic E-state index is -0.473. The van der Waals surface area contributed by atoms with Crippen molar-refractivity contribution >= 4 is 11.8 Å². The van der Waals surface area contributed by atoms with Crippen LogP contribution >= 0.6 is 0 Å². The molecule has 0 radical (unpaired) electrons. The van der Waals surface area contributed by atoms with Crippen LogP contribution in [0, 0.1) is 0 Å². The van der Waals surface area contributed by atoms with Crippen molar-refractivity contribution in [2.45, 2.75) is 19.8 Å². The van der Waals surface area contributed by atoms with Gasteiger partial charge in [0.25, 0.3) is 11.8 Å². The van der Waals surface area contributed by atoms with Gasteiger partial charge in [-0.2, -0.15) is 0 Å². The number of hydrazine groups is 1. The van der Waals surface area contributed by atoms with Crippen LogP contribution in [0.2, 0.25) is 0 Å². The van der Waals surface area contributed by atoms with Crippen LogP contribution in [0.4, 0.5) is 0 Å². The van der Waals surface area contributed by atoms with Crippen molar-refractivity contribution in [3.05, 3.63) is 84.4 Å². The van der Waals surface area contributed by atoms with Gasteiger partial charge in [-0.3, -0.25) is 20.4 Å². The Morgan fingerprint density at radius 2 is 1.23 bits per heavy atom. The van der Waals surface area contributed by atoms with E-state index in [1.807, 2.05) is 72.8 Å². The van der Waals surface area contributed by atoms with Gasteiger partial charge in [0.05, 0.1) is 0 Å². The molecule has 6 heteroatoms. The summed E-state index contributed by atoms with van der Waals surface area (Å²) < 4.78 is 11.3. The second-order valence-corrected chi connectivity index (χ2v) is 7.23. The van der Waals surface area contributed by atoms with Crippen LogP contribution in [0.25, 0.3) is 11.1 Å². The Kier molecular flexibility index (Phi) is 7.65. The second-order valence-electron chi connectivity index (χ2n) is 7.23. The predicted octanol–water partition coefficient (Wildman–Crippen LogP) is 4.08. The number of amides is 2. The minimum absolute atomic E-state index is 0.207. The lowest BCUT2D eigenvalue weighted by molar-refractivity contribution is -0.131. The highest BCUT2D eigenvalue weighted by Gasteiger charge is 2.11. The number of para-hydroxylation sites is 2. The smallest absolute Gasteiger partial charge is 0.276 e. The van der Waals surface area contributed by atoms with Gasteiger partial charge in [0, 0.05) is 5.56 Å². The van der Waals surface area contributed by atoms with E-state index in [1.54, 1.807) is 6.07 Å². The summed E-state index contributed by atoms with van der Waals surface area (Å²) in [7, 11) is 0. The van der Waals surface area contributed by atoms with Crippen LogP contribution in [0.5, 0.6) is 11.5 Å². The van der Waals surface area contributed by atoms with E-state index in [1.165, 1.54) is 0 Å². The molecule has 0 unspecified atom stereocenters. The normalized spacial score (nSPS) is 10.4. The summed E-state index contributed by atoms with van der Waals surface area (Å²) in [6, 6.07) is 24.8. The van der Waals surface area contributed by atoms with E-state index in [0.29, 0.717) is 11.5 Å². The van der Waals surface area contributed by atoms with E-state index in [0.717, 1.165) is 16.7 Å². The average molecular weight is 418 g/mol. The number of hydrogen-bond donors (Lipinski definition) is 2. The van der Waals surface area contributed by atoms with Crippen molar-refractivity contribution in [1.82, 2.24) is 10.9 Å². The van der Waals surface area contributed by atoms with Gasteiger partial charge < -0.3 is 9.47 Å². The number of rotatable bonds is 8. The molecule has 0 bridgehead atoms. The quantitative estimate of drug-likeness (QED) is 0.541. The molecule has 0 aliphatic heterocycles. The molecule has 0 atom stereocenters. The number of carbonyl (C=O) groups is 2. The van der Waals surface area contributed by atoms with Crippen molar-refractivity contribution in [3.8, 4) is 22.6 Å². The van der Waals surface area contributed by atoms with Gasteiger partial charge in [-0.1, -0.05) is 80.6 Å². The van der Waals surface area contributed by atoms with Crippen molar-refractivity contribution in [2.24, 2.45) is 0 Å². The summed E-state index contributed by atoms with van der Waals surface area (Å²) in [6.07, 6.45) is 0. The molecule has 0 spiro atoms. The molecule has 160 valence electrons. The highest BCUT2D eigenvalue weighted by molar-refractivity contribution is 5.83. The first-order chi connectivity index (χ1) is 15.0. The van der Waals surface area contributed by atoms with E-state index in [9.17, 15) is 9.59 Å². The molecule has 2 N–H and O–H groups in total. The zero-order valence-corrected chi connectivity index (χ0v) is 17.6. The highest BCUT2D eigenvalue weighted by atomic mass is 16.5. The minimum Gasteiger partial charge on any atom is -0.483 e. The zero-order valence-electron chi connectivity index (χ0n) is 17.6. The largest absolute Gasteiger partial charge is 0.483 e. The molecule has 0 aromatic heterocycles. The van der Waals surface area contributed by atoms with Crippen LogP contribution in [0.1, 0.15) is 25.3 Å². The van der Waals surface area contributed by atoms with Crippen LogP contribution < -0.4 is 20.3 Å². The number of benzene rings is 3. The molecule has 0 saturated heterocycles. The van der Waals surface area contributed by atoms with E-state index in [-0.39, 0.29) is 19.1 Å².